The number of rotatable bonds is 3. The van der Waals surface area contributed by atoms with E-state index in [0.717, 1.165) is 5.56 Å². The zero-order chi connectivity index (χ0) is 11.7. The summed E-state index contributed by atoms with van der Waals surface area (Å²) in [6, 6.07) is -0.598. The molecule has 2 rings (SSSR count). The Morgan fingerprint density at radius 3 is 3.06 bits per heavy atom. The van der Waals surface area contributed by atoms with Crippen LogP contribution in [0.3, 0.4) is 0 Å². The summed E-state index contributed by atoms with van der Waals surface area (Å²) in [6.45, 7) is 1.92. The number of hydrogen-bond acceptors (Lipinski definition) is 4. The molecule has 0 aliphatic heterocycles. The molecule has 0 amide bonds. The predicted molar refractivity (Wildman–Crippen MR) is 56.9 cm³/mol. The van der Waals surface area contributed by atoms with Gasteiger partial charge >= 0.3 is 5.97 Å². The van der Waals surface area contributed by atoms with E-state index in [1.807, 2.05) is 13.1 Å². The maximum atomic E-state index is 10.5. The van der Waals surface area contributed by atoms with E-state index in [1.54, 1.807) is 16.8 Å². The Labute approximate surface area is 91.7 Å². The Hall–Kier alpha value is -1.95. The van der Waals surface area contributed by atoms with Crippen LogP contribution >= 0.6 is 0 Å². The summed E-state index contributed by atoms with van der Waals surface area (Å²) < 4.78 is 1.74. The summed E-state index contributed by atoms with van der Waals surface area (Å²) in [7, 11) is 0. The lowest BCUT2D eigenvalue weighted by atomic mass is 10.2. The van der Waals surface area contributed by atoms with Crippen molar-refractivity contribution in [2.45, 2.75) is 19.4 Å². The van der Waals surface area contributed by atoms with Gasteiger partial charge in [-0.15, -0.1) is 0 Å². The normalized spacial score (nSPS) is 12.9. The summed E-state index contributed by atoms with van der Waals surface area (Å²) in [4.78, 5) is 18.8. The standard InChI is InChI=1S/C10H12N4O2/c1-6-3-12-10-13-8(5-14(10)4-6)7(11)2-9(15)16/h3-5,7H,2,11H2,1H3,(H,15,16). The minimum Gasteiger partial charge on any atom is -0.481 e. The molecule has 1 unspecified atom stereocenters. The minimum atomic E-state index is -0.936. The van der Waals surface area contributed by atoms with Gasteiger partial charge in [0.15, 0.2) is 0 Å². The molecular formula is C10H12N4O2. The van der Waals surface area contributed by atoms with Gasteiger partial charge < -0.3 is 10.8 Å². The molecule has 0 radical (unpaired) electrons. The number of hydrogen-bond donors (Lipinski definition) is 2. The van der Waals surface area contributed by atoms with Crippen LogP contribution in [0.25, 0.3) is 5.78 Å². The summed E-state index contributed by atoms with van der Waals surface area (Å²) >= 11 is 0. The molecule has 0 fully saturated rings. The Balaban J connectivity index is 2.35. The number of carbonyl (C=O) groups is 1. The third-order valence-electron chi connectivity index (χ3n) is 2.23. The Bertz CT molecular complexity index is 535. The first kappa shape index (κ1) is 10.6. The van der Waals surface area contributed by atoms with Crippen LogP contribution in [0.1, 0.15) is 23.7 Å². The molecule has 0 aliphatic carbocycles. The molecule has 0 saturated carbocycles. The van der Waals surface area contributed by atoms with Crippen molar-refractivity contribution in [1.29, 1.82) is 0 Å². The summed E-state index contributed by atoms with van der Waals surface area (Å²) in [5.74, 6) is -0.407. The minimum absolute atomic E-state index is 0.136. The first-order valence-corrected chi connectivity index (χ1v) is 4.85. The molecular weight excluding hydrogens is 208 g/mol. The molecule has 6 nitrogen and oxygen atoms in total. The van der Waals surface area contributed by atoms with Crippen molar-refractivity contribution in [2.75, 3.05) is 0 Å². The van der Waals surface area contributed by atoms with Gasteiger partial charge in [0.05, 0.1) is 18.2 Å². The highest BCUT2D eigenvalue weighted by Crippen LogP contribution is 2.13. The Morgan fingerprint density at radius 2 is 2.38 bits per heavy atom. The smallest absolute Gasteiger partial charge is 0.305 e. The molecule has 0 spiro atoms. The molecule has 0 saturated heterocycles. The average molecular weight is 220 g/mol. The SMILES string of the molecule is Cc1cnc2nc(C(N)CC(=O)O)cn2c1. The van der Waals surface area contributed by atoms with Crippen LogP contribution in [0.5, 0.6) is 0 Å². The fourth-order valence-corrected chi connectivity index (χ4v) is 1.48. The second-order valence-electron chi connectivity index (χ2n) is 3.71. The van der Waals surface area contributed by atoms with Crippen LogP contribution in [0.4, 0.5) is 0 Å². The monoisotopic (exact) mass is 220 g/mol. The van der Waals surface area contributed by atoms with Crippen molar-refractivity contribution in [3.8, 4) is 0 Å². The van der Waals surface area contributed by atoms with E-state index in [-0.39, 0.29) is 6.42 Å². The summed E-state index contributed by atoms with van der Waals surface area (Å²) in [5.41, 5.74) is 7.26. The molecule has 2 heterocycles. The van der Waals surface area contributed by atoms with Crippen LogP contribution < -0.4 is 5.73 Å². The van der Waals surface area contributed by atoms with E-state index in [1.165, 1.54) is 0 Å². The van der Waals surface area contributed by atoms with Crippen molar-refractivity contribution >= 4 is 11.7 Å². The van der Waals surface area contributed by atoms with Gasteiger partial charge in [0.1, 0.15) is 0 Å². The molecule has 3 N–H and O–H groups in total. The third-order valence-corrected chi connectivity index (χ3v) is 2.23. The lowest BCUT2D eigenvalue weighted by molar-refractivity contribution is -0.137. The number of nitrogens with two attached hydrogens (primary N) is 1. The highest BCUT2D eigenvalue weighted by molar-refractivity contribution is 5.67. The maximum absolute atomic E-state index is 10.5. The van der Waals surface area contributed by atoms with E-state index < -0.39 is 12.0 Å². The average Bonchev–Trinajstić information content (AvgIpc) is 2.59. The predicted octanol–water partition coefficient (Wildman–Crippen LogP) is 0.512. The first-order valence-electron chi connectivity index (χ1n) is 4.85. The highest BCUT2D eigenvalue weighted by Gasteiger charge is 2.14. The van der Waals surface area contributed by atoms with Gasteiger partial charge in [-0.05, 0) is 12.5 Å². The highest BCUT2D eigenvalue weighted by atomic mass is 16.4. The maximum Gasteiger partial charge on any atom is 0.305 e. The number of fused-ring (bicyclic) bond motifs is 1. The molecule has 0 aromatic carbocycles. The van der Waals surface area contributed by atoms with Crippen molar-refractivity contribution < 1.29 is 9.90 Å². The van der Waals surface area contributed by atoms with Crippen molar-refractivity contribution in [3.63, 3.8) is 0 Å². The van der Waals surface area contributed by atoms with E-state index in [2.05, 4.69) is 9.97 Å². The van der Waals surface area contributed by atoms with Gasteiger partial charge in [0, 0.05) is 18.6 Å². The molecule has 6 heteroatoms. The molecule has 16 heavy (non-hydrogen) atoms. The van der Waals surface area contributed by atoms with Gasteiger partial charge in [0.25, 0.3) is 0 Å². The molecule has 84 valence electrons. The van der Waals surface area contributed by atoms with Crippen LogP contribution in [0, 0.1) is 6.92 Å². The van der Waals surface area contributed by atoms with E-state index in [9.17, 15) is 4.79 Å². The van der Waals surface area contributed by atoms with E-state index in [0.29, 0.717) is 11.5 Å². The molecule has 0 bridgehead atoms. The van der Waals surface area contributed by atoms with Crippen LogP contribution in [0.15, 0.2) is 18.6 Å². The number of aromatic nitrogens is 3. The number of imidazole rings is 1. The largest absolute Gasteiger partial charge is 0.481 e. The molecule has 1 atom stereocenters. The first-order chi connectivity index (χ1) is 7.56. The Morgan fingerprint density at radius 1 is 1.62 bits per heavy atom. The quantitative estimate of drug-likeness (QED) is 0.786. The number of carboxylic acids is 1. The van der Waals surface area contributed by atoms with Gasteiger partial charge in [-0.25, -0.2) is 9.97 Å². The van der Waals surface area contributed by atoms with E-state index in [4.69, 9.17) is 10.8 Å². The fourth-order valence-electron chi connectivity index (χ4n) is 1.48. The molecule has 2 aromatic rings. The van der Waals surface area contributed by atoms with Gasteiger partial charge in [-0.2, -0.15) is 0 Å². The second-order valence-corrected chi connectivity index (χ2v) is 3.71. The number of aryl methyl sites for hydroxylation is 1. The lowest BCUT2D eigenvalue weighted by Crippen LogP contribution is -2.15. The van der Waals surface area contributed by atoms with Crippen molar-refractivity contribution in [3.05, 3.63) is 29.8 Å². The second kappa shape index (κ2) is 3.90. The zero-order valence-corrected chi connectivity index (χ0v) is 8.79. The fraction of sp³-hybridized carbons (Fsp3) is 0.300. The summed E-state index contributed by atoms with van der Waals surface area (Å²) in [5, 5.41) is 8.63. The van der Waals surface area contributed by atoms with Gasteiger partial charge in [-0.3, -0.25) is 9.20 Å². The summed E-state index contributed by atoms with van der Waals surface area (Å²) in [6.07, 6.45) is 5.15. The van der Waals surface area contributed by atoms with Crippen molar-refractivity contribution in [2.24, 2.45) is 5.73 Å². The molecule has 2 aromatic heterocycles. The van der Waals surface area contributed by atoms with Crippen molar-refractivity contribution in [1.82, 2.24) is 14.4 Å². The Kier molecular flexibility index (Phi) is 2.57. The van der Waals surface area contributed by atoms with Gasteiger partial charge in [0.2, 0.25) is 5.78 Å². The number of nitrogens with zero attached hydrogens (tertiary/aromatic N) is 3. The number of aliphatic carboxylic acids is 1. The lowest BCUT2D eigenvalue weighted by Gasteiger charge is -2.02. The van der Waals surface area contributed by atoms with E-state index >= 15 is 0 Å². The number of carboxylic acid groups (broad SMARTS) is 1. The van der Waals surface area contributed by atoms with Crippen LogP contribution in [0.2, 0.25) is 0 Å². The molecule has 0 aliphatic rings. The van der Waals surface area contributed by atoms with Gasteiger partial charge in [-0.1, -0.05) is 0 Å². The third kappa shape index (κ3) is 2.01. The van der Waals surface area contributed by atoms with Crippen LogP contribution in [-0.4, -0.2) is 25.4 Å². The topological polar surface area (TPSA) is 93.5 Å². The zero-order valence-electron chi connectivity index (χ0n) is 8.79. The van der Waals surface area contributed by atoms with Crippen LogP contribution in [-0.2, 0) is 4.79 Å².